The van der Waals surface area contributed by atoms with Crippen LogP contribution in [0.5, 0.6) is 0 Å². The van der Waals surface area contributed by atoms with Crippen molar-refractivity contribution in [2.24, 2.45) is 11.3 Å². The number of Topliss-reactive ketones (excluding diaryl/α,β-unsaturated/α-hetero) is 1. The van der Waals surface area contributed by atoms with Crippen molar-refractivity contribution in [1.29, 1.82) is 0 Å². The minimum Gasteiger partial charge on any atom is -0.481 e. The van der Waals surface area contributed by atoms with Gasteiger partial charge in [0.15, 0.2) is 5.78 Å². The fourth-order valence-corrected chi connectivity index (χ4v) is 1.15. The first-order valence-corrected chi connectivity index (χ1v) is 4.44. The first kappa shape index (κ1) is 13.9. The Morgan fingerprint density at radius 2 is 1.60 bits per heavy atom. The van der Waals surface area contributed by atoms with E-state index < -0.39 is 43.1 Å². The smallest absolute Gasteiger partial charge is 0.314 e. The molecule has 0 spiro atoms. The van der Waals surface area contributed by atoms with Crippen LogP contribution in [0.25, 0.3) is 0 Å². The van der Waals surface area contributed by atoms with E-state index in [1.54, 1.807) is 0 Å². The van der Waals surface area contributed by atoms with Gasteiger partial charge in [-0.15, -0.1) is 0 Å². The Morgan fingerprint density at radius 3 is 1.80 bits per heavy atom. The molecule has 1 atom stereocenters. The van der Waals surface area contributed by atoms with Crippen molar-refractivity contribution in [1.82, 2.24) is 0 Å². The maximum absolute atomic E-state index is 12.4. The molecule has 0 saturated heterocycles. The molecule has 1 unspecified atom stereocenters. The molecule has 0 aromatic heterocycles. The molecule has 0 radical (unpaired) electrons. The summed E-state index contributed by atoms with van der Waals surface area (Å²) in [6.45, 7) is -3.19. The molecular weight excluding hydrogens is 213 g/mol. The van der Waals surface area contributed by atoms with Gasteiger partial charge in [0.1, 0.15) is 31.4 Å². The molecular formula is C9H13F3O3. The molecule has 6 heteroatoms. The largest absolute Gasteiger partial charge is 0.481 e. The quantitative estimate of drug-likeness (QED) is 0.670. The Bertz CT molecular complexity index is 230. The molecule has 0 bridgehead atoms. The van der Waals surface area contributed by atoms with E-state index in [-0.39, 0.29) is 6.42 Å². The number of halogens is 3. The van der Waals surface area contributed by atoms with Crippen molar-refractivity contribution in [3.63, 3.8) is 0 Å². The first-order chi connectivity index (χ1) is 6.98. The second-order valence-electron chi connectivity index (χ2n) is 3.34. The van der Waals surface area contributed by atoms with Gasteiger partial charge in [0.25, 0.3) is 0 Å². The standard InChI is InChI=1S/C9H13F3O3/c1-2-6(8(14)15)7(13)9(3-10,4-11)5-12/h6H,2-5H2,1H3,(H,14,15). The fraction of sp³-hybridized carbons (Fsp3) is 0.778. The Balaban J connectivity index is 4.99. The van der Waals surface area contributed by atoms with Gasteiger partial charge in [0.05, 0.1) is 0 Å². The van der Waals surface area contributed by atoms with Crippen molar-refractivity contribution in [2.75, 3.05) is 20.0 Å². The number of alkyl halides is 3. The van der Waals surface area contributed by atoms with Crippen LogP contribution in [0, 0.1) is 11.3 Å². The van der Waals surface area contributed by atoms with Crippen LogP contribution in [0.15, 0.2) is 0 Å². The molecule has 15 heavy (non-hydrogen) atoms. The highest BCUT2D eigenvalue weighted by Crippen LogP contribution is 2.27. The highest BCUT2D eigenvalue weighted by Gasteiger charge is 2.44. The van der Waals surface area contributed by atoms with Crippen LogP contribution in [-0.2, 0) is 9.59 Å². The zero-order valence-electron chi connectivity index (χ0n) is 8.30. The van der Waals surface area contributed by atoms with E-state index >= 15 is 0 Å². The van der Waals surface area contributed by atoms with Crippen LogP contribution in [0.2, 0.25) is 0 Å². The van der Waals surface area contributed by atoms with Crippen LogP contribution < -0.4 is 0 Å². The summed E-state index contributed by atoms with van der Waals surface area (Å²) in [5.74, 6) is -4.25. The molecule has 0 fully saturated rings. The average molecular weight is 226 g/mol. The number of carboxylic acid groups (broad SMARTS) is 1. The van der Waals surface area contributed by atoms with Crippen molar-refractivity contribution in [2.45, 2.75) is 13.3 Å². The molecule has 0 aromatic rings. The van der Waals surface area contributed by atoms with E-state index in [0.717, 1.165) is 0 Å². The molecule has 0 heterocycles. The lowest BCUT2D eigenvalue weighted by Crippen LogP contribution is -2.44. The van der Waals surface area contributed by atoms with Gasteiger partial charge >= 0.3 is 5.97 Å². The van der Waals surface area contributed by atoms with E-state index in [9.17, 15) is 22.8 Å². The van der Waals surface area contributed by atoms with E-state index in [0.29, 0.717) is 0 Å². The normalized spacial score (nSPS) is 13.6. The lowest BCUT2D eigenvalue weighted by Gasteiger charge is -2.25. The third-order valence-corrected chi connectivity index (χ3v) is 2.31. The highest BCUT2D eigenvalue weighted by atomic mass is 19.1. The monoisotopic (exact) mass is 226 g/mol. The second-order valence-corrected chi connectivity index (χ2v) is 3.34. The number of aliphatic carboxylic acids is 1. The number of carboxylic acids is 1. The lowest BCUT2D eigenvalue weighted by atomic mass is 9.80. The molecule has 0 aromatic carbocycles. The van der Waals surface area contributed by atoms with Crippen LogP contribution in [0.1, 0.15) is 13.3 Å². The Kier molecular flexibility index (Phi) is 5.32. The van der Waals surface area contributed by atoms with Crippen molar-refractivity contribution < 1.29 is 27.9 Å². The van der Waals surface area contributed by atoms with Gasteiger partial charge in [-0.2, -0.15) is 0 Å². The van der Waals surface area contributed by atoms with Gasteiger partial charge in [-0.25, -0.2) is 13.2 Å². The van der Waals surface area contributed by atoms with Gasteiger partial charge in [0.2, 0.25) is 0 Å². The van der Waals surface area contributed by atoms with E-state index in [1.165, 1.54) is 6.92 Å². The molecule has 88 valence electrons. The predicted molar refractivity (Wildman–Crippen MR) is 46.8 cm³/mol. The fourth-order valence-electron chi connectivity index (χ4n) is 1.15. The van der Waals surface area contributed by atoms with Crippen molar-refractivity contribution in [3.05, 3.63) is 0 Å². The Morgan fingerprint density at radius 1 is 1.20 bits per heavy atom. The number of hydrogen-bond acceptors (Lipinski definition) is 2. The SMILES string of the molecule is CCC(C(=O)O)C(=O)C(CF)(CF)CF. The number of rotatable bonds is 7. The summed E-state index contributed by atoms with van der Waals surface area (Å²) in [5.41, 5.74) is -2.43. The molecule has 3 nitrogen and oxygen atoms in total. The van der Waals surface area contributed by atoms with E-state index in [2.05, 4.69) is 0 Å². The van der Waals surface area contributed by atoms with Crippen molar-refractivity contribution >= 4 is 11.8 Å². The minimum absolute atomic E-state index is 0.115. The third kappa shape index (κ3) is 2.70. The van der Waals surface area contributed by atoms with Crippen LogP contribution in [0.3, 0.4) is 0 Å². The molecule has 0 saturated carbocycles. The van der Waals surface area contributed by atoms with Gasteiger partial charge in [0, 0.05) is 0 Å². The van der Waals surface area contributed by atoms with E-state index in [1.807, 2.05) is 0 Å². The number of carbonyl (C=O) groups excluding carboxylic acids is 1. The molecule has 0 aliphatic rings. The summed E-state index contributed by atoms with van der Waals surface area (Å²) in [5, 5.41) is 8.61. The number of hydrogen-bond donors (Lipinski definition) is 1. The summed E-state index contributed by atoms with van der Waals surface area (Å²) < 4.78 is 37.3. The summed E-state index contributed by atoms with van der Waals surface area (Å²) in [4.78, 5) is 22.0. The molecule has 0 aliphatic heterocycles. The summed E-state index contributed by atoms with van der Waals surface area (Å²) in [6, 6.07) is 0. The summed E-state index contributed by atoms with van der Waals surface area (Å²) >= 11 is 0. The molecule has 1 N–H and O–H groups in total. The van der Waals surface area contributed by atoms with Gasteiger partial charge in [-0.05, 0) is 6.42 Å². The molecule has 0 rings (SSSR count). The number of carbonyl (C=O) groups is 2. The Hall–Kier alpha value is -1.07. The summed E-state index contributed by atoms with van der Waals surface area (Å²) in [7, 11) is 0. The van der Waals surface area contributed by atoms with Crippen molar-refractivity contribution in [3.8, 4) is 0 Å². The minimum atomic E-state index is -2.43. The van der Waals surface area contributed by atoms with Gasteiger partial charge in [-0.1, -0.05) is 6.92 Å². The zero-order valence-corrected chi connectivity index (χ0v) is 8.30. The van der Waals surface area contributed by atoms with Crippen LogP contribution in [-0.4, -0.2) is 36.9 Å². The number of ketones is 1. The lowest BCUT2D eigenvalue weighted by molar-refractivity contribution is -0.151. The highest BCUT2D eigenvalue weighted by molar-refractivity contribution is 6.01. The maximum atomic E-state index is 12.4. The zero-order chi connectivity index (χ0) is 12.1. The average Bonchev–Trinajstić information content (AvgIpc) is 2.22. The van der Waals surface area contributed by atoms with Gasteiger partial charge < -0.3 is 5.11 Å². The van der Waals surface area contributed by atoms with Gasteiger partial charge in [-0.3, -0.25) is 9.59 Å². The summed E-state index contributed by atoms with van der Waals surface area (Å²) in [6.07, 6.45) is -0.115. The molecule has 0 aliphatic carbocycles. The van der Waals surface area contributed by atoms with E-state index in [4.69, 9.17) is 5.11 Å². The predicted octanol–water partition coefficient (Wildman–Crippen LogP) is 1.56. The maximum Gasteiger partial charge on any atom is 0.314 e. The second kappa shape index (κ2) is 5.72. The first-order valence-electron chi connectivity index (χ1n) is 4.44. The topological polar surface area (TPSA) is 54.4 Å². The third-order valence-electron chi connectivity index (χ3n) is 2.31. The van der Waals surface area contributed by atoms with Crippen LogP contribution in [0.4, 0.5) is 13.2 Å². The molecule has 0 amide bonds. The Labute approximate surface area is 85.3 Å². The van der Waals surface area contributed by atoms with Crippen LogP contribution >= 0.6 is 0 Å².